The van der Waals surface area contributed by atoms with E-state index in [1.165, 1.54) is 0 Å². The summed E-state index contributed by atoms with van der Waals surface area (Å²) in [5, 5.41) is 15.5. The summed E-state index contributed by atoms with van der Waals surface area (Å²) in [5.74, 6) is 1.05. The van der Waals surface area contributed by atoms with Crippen LogP contribution in [0.1, 0.15) is 37.0 Å². The number of carbonyl (C=O) groups excluding carboxylic acids is 1. The maximum Gasteiger partial charge on any atom is 0.258 e. The van der Waals surface area contributed by atoms with Crippen LogP contribution >= 0.6 is 0 Å². The van der Waals surface area contributed by atoms with Gasteiger partial charge in [-0.25, -0.2) is 0 Å². The van der Waals surface area contributed by atoms with Crippen LogP contribution in [-0.4, -0.2) is 22.7 Å². The third kappa shape index (κ3) is 4.35. The van der Waals surface area contributed by atoms with E-state index in [2.05, 4.69) is 15.5 Å². The van der Waals surface area contributed by atoms with Crippen LogP contribution in [0.3, 0.4) is 0 Å². The van der Waals surface area contributed by atoms with Gasteiger partial charge >= 0.3 is 0 Å². The van der Waals surface area contributed by atoms with Gasteiger partial charge in [0.1, 0.15) is 11.8 Å². The molecular weight excluding hydrogens is 356 g/mol. The van der Waals surface area contributed by atoms with Crippen molar-refractivity contribution in [2.24, 2.45) is 0 Å². The van der Waals surface area contributed by atoms with Crippen molar-refractivity contribution in [3.05, 3.63) is 59.9 Å². The number of hydrogen-bond donors (Lipinski definition) is 1. The average Bonchev–Trinajstić information content (AvgIpc) is 3.17. The fourth-order valence-corrected chi connectivity index (χ4v) is 2.48. The molecule has 0 aliphatic carbocycles. The molecule has 0 aliphatic heterocycles. The van der Waals surface area contributed by atoms with Crippen molar-refractivity contribution in [1.29, 1.82) is 5.26 Å². The zero-order chi connectivity index (χ0) is 20.1. The van der Waals surface area contributed by atoms with E-state index in [1.807, 2.05) is 32.9 Å². The normalized spacial score (nSPS) is 10.9. The number of ether oxygens (including phenoxy) is 1. The fourth-order valence-electron chi connectivity index (χ4n) is 2.48. The molecule has 28 heavy (non-hydrogen) atoms. The molecule has 0 radical (unpaired) electrons. The van der Waals surface area contributed by atoms with Crippen LogP contribution in [0, 0.1) is 11.3 Å². The van der Waals surface area contributed by atoms with Gasteiger partial charge in [0.25, 0.3) is 11.8 Å². The van der Waals surface area contributed by atoms with E-state index >= 15 is 0 Å². The third-order valence-corrected chi connectivity index (χ3v) is 3.89. The predicted octanol–water partition coefficient (Wildman–Crippen LogP) is 4.19. The highest BCUT2D eigenvalue weighted by Crippen LogP contribution is 2.27. The van der Waals surface area contributed by atoms with E-state index in [-0.39, 0.29) is 17.9 Å². The van der Waals surface area contributed by atoms with Gasteiger partial charge in [0.05, 0.1) is 11.1 Å². The third-order valence-electron chi connectivity index (χ3n) is 3.89. The first kappa shape index (κ1) is 19.1. The molecule has 0 unspecified atom stereocenters. The van der Waals surface area contributed by atoms with Crippen molar-refractivity contribution in [3.63, 3.8) is 0 Å². The summed E-state index contributed by atoms with van der Waals surface area (Å²) >= 11 is 0. The molecule has 0 fully saturated rings. The summed E-state index contributed by atoms with van der Waals surface area (Å²) in [6, 6.07) is 15.8. The standard InChI is InChI=1S/C21H20N4O3/c1-21(2,3)20-24-19(28-25-20)17-10-5-4-9-16(17)18(26)23-14-7-6-8-15(13-14)27-12-11-22/h4-10,13H,12H2,1-3H3,(H,23,26). The molecule has 0 spiro atoms. The highest BCUT2D eigenvalue weighted by molar-refractivity contribution is 6.08. The lowest BCUT2D eigenvalue weighted by atomic mass is 9.96. The number of benzene rings is 2. The molecule has 142 valence electrons. The molecule has 3 rings (SSSR count). The number of nitrogens with one attached hydrogen (secondary N) is 1. The number of carbonyl (C=O) groups is 1. The van der Waals surface area contributed by atoms with Gasteiger partial charge < -0.3 is 14.6 Å². The number of rotatable bonds is 5. The number of hydrogen-bond acceptors (Lipinski definition) is 6. The van der Waals surface area contributed by atoms with Crippen molar-refractivity contribution in [3.8, 4) is 23.3 Å². The Labute approximate surface area is 163 Å². The second kappa shape index (κ2) is 7.92. The second-order valence-electron chi connectivity index (χ2n) is 7.15. The monoisotopic (exact) mass is 376 g/mol. The highest BCUT2D eigenvalue weighted by Gasteiger charge is 2.23. The molecule has 2 aromatic carbocycles. The Hall–Kier alpha value is -3.66. The Morgan fingerprint density at radius 1 is 1.21 bits per heavy atom. The van der Waals surface area contributed by atoms with Gasteiger partial charge in [-0.3, -0.25) is 4.79 Å². The molecule has 0 saturated carbocycles. The number of anilines is 1. The maximum atomic E-state index is 12.8. The van der Waals surface area contributed by atoms with Crippen LogP contribution in [0.15, 0.2) is 53.1 Å². The second-order valence-corrected chi connectivity index (χ2v) is 7.15. The molecule has 7 nitrogen and oxygen atoms in total. The Morgan fingerprint density at radius 3 is 2.71 bits per heavy atom. The molecule has 1 N–H and O–H groups in total. The first-order chi connectivity index (χ1) is 13.4. The topological polar surface area (TPSA) is 101 Å². The van der Waals surface area contributed by atoms with Crippen LogP contribution in [0.4, 0.5) is 5.69 Å². The van der Waals surface area contributed by atoms with Gasteiger partial charge in [0.15, 0.2) is 12.4 Å². The molecule has 0 atom stereocenters. The quantitative estimate of drug-likeness (QED) is 0.716. The van der Waals surface area contributed by atoms with Crippen LogP contribution in [0.5, 0.6) is 5.75 Å². The molecule has 0 aliphatic rings. The van der Waals surface area contributed by atoms with Gasteiger partial charge in [-0.1, -0.05) is 44.1 Å². The number of nitrogens with zero attached hydrogens (tertiary/aromatic N) is 3. The van der Waals surface area contributed by atoms with E-state index in [1.54, 1.807) is 42.5 Å². The Kier molecular flexibility index (Phi) is 5.41. The van der Waals surface area contributed by atoms with Crippen molar-refractivity contribution in [2.75, 3.05) is 11.9 Å². The SMILES string of the molecule is CC(C)(C)c1noc(-c2ccccc2C(=O)Nc2cccc(OCC#N)c2)n1. The van der Waals surface area contributed by atoms with Crippen LogP contribution < -0.4 is 10.1 Å². The van der Waals surface area contributed by atoms with E-state index in [4.69, 9.17) is 14.5 Å². The average molecular weight is 376 g/mol. The minimum Gasteiger partial charge on any atom is -0.479 e. The fraction of sp³-hybridized carbons (Fsp3) is 0.238. The van der Waals surface area contributed by atoms with E-state index in [0.717, 1.165) is 0 Å². The minimum absolute atomic E-state index is 0.0620. The molecule has 1 amide bonds. The Morgan fingerprint density at radius 2 is 2.00 bits per heavy atom. The summed E-state index contributed by atoms with van der Waals surface area (Å²) in [5.41, 5.74) is 1.26. The zero-order valence-corrected chi connectivity index (χ0v) is 15.9. The van der Waals surface area contributed by atoms with E-state index < -0.39 is 0 Å². The van der Waals surface area contributed by atoms with Gasteiger partial charge in [-0.2, -0.15) is 10.2 Å². The molecular formula is C21H20N4O3. The molecule has 3 aromatic rings. The van der Waals surface area contributed by atoms with Gasteiger partial charge in [-0.15, -0.1) is 0 Å². The summed E-state index contributed by atoms with van der Waals surface area (Å²) in [4.78, 5) is 17.3. The van der Waals surface area contributed by atoms with E-state index in [9.17, 15) is 4.79 Å². The van der Waals surface area contributed by atoms with Crippen molar-refractivity contribution < 1.29 is 14.1 Å². The summed E-state index contributed by atoms with van der Waals surface area (Å²) < 4.78 is 10.7. The van der Waals surface area contributed by atoms with Crippen molar-refractivity contribution >= 4 is 11.6 Å². The highest BCUT2D eigenvalue weighted by atomic mass is 16.5. The summed E-state index contributed by atoms with van der Waals surface area (Å²) in [7, 11) is 0. The lowest BCUT2D eigenvalue weighted by Crippen LogP contribution is -2.14. The first-order valence-corrected chi connectivity index (χ1v) is 8.73. The van der Waals surface area contributed by atoms with Crippen LogP contribution in [0.2, 0.25) is 0 Å². The number of aromatic nitrogens is 2. The summed E-state index contributed by atoms with van der Waals surface area (Å²) in [6.07, 6.45) is 0. The molecule has 1 heterocycles. The molecule has 0 bridgehead atoms. The van der Waals surface area contributed by atoms with Crippen molar-refractivity contribution in [1.82, 2.24) is 10.1 Å². The number of nitriles is 1. The lowest BCUT2D eigenvalue weighted by Gasteiger charge is -2.11. The Balaban J connectivity index is 1.86. The maximum absolute atomic E-state index is 12.8. The minimum atomic E-state index is -0.316. The molecule has 0 saturated heterocycles. The van der Waals surface area contributed by atoms with E-state index in [0.29, 0.717) is 34.3 Å². The van der Waals surface area contributed by atoms with Crippen LogP contribution in [-0.2, 0) is 5.41 Å². The zero-order valence-electron chi connectivity index (χ0n) is 15.9. The van der Waals surface area contributed by atoms with Gasteiger partial charge in [0, 0.05) is 17.2 Å². The number of amides is 1. The van der Waals surface area contributed by atoms with Crippen LogP contribution in [0.25, 0.3) is 11.5 Å². The van der Waals surface area contributed by atoms with Crippen molar-refractivity contribution in [2.45, 2.75) is 26.2 Å². The van der Waals surface area contributed by atoms with Gasteiger partial charge in [0.2, 0.25) is 0 Å². The smallest absolute Gasteiger partial charge is 0.258 e. The first-order valence-electron chi connectivity index (χ1n) is 8.73. The molecule has 7 heteroatoms. The Bertz CT molecular complexity index is 1030. The lowest BCUT2D eigenvalue weighted by molar-refractivity contribution is 0.102. The predicted molar refractivity (Wildman–Crippen MR) is 104 cm³/mol. The summed E-state index contributed by atoms with van der Waals surface area (Å²) in [6.45, 7) is 5.90. The van der Waals surface area contributed by atoms with Gasteiger partial charge in [-0.05, 0) is 24.3 Å². The molecule has 1 aromatic heterocycles. The largest absolute Gasteiger partial charge is 0.479 e.